The van der Waals surface area contributed by atoms with Crippen molar-refractivity contribution >= 4 is 11.8 Å². The fraction of sp³-hybridized carbons (Fsp3) is 0.222. The van der Waals surface area contributed by atoms with Crippen molar-refractivity contribution in [1.82, 2.24) is 10.6 Å². The van der Waals surface area contributed by atoms with Crippen LogP contribution >= 0.6 is 0 Å². The Labute approximate surface area is 140 Å². The third-order valence-corrected chi connectivity index (χ3v) is 3.47. The fourth-order valence-electron chi connectivity index (χ4n) is 2.21. The predicted octanol–water partition coefficient (Wildman–Crippen LogP) is 1.64. The van der Waals surface area contributed by atoms with E-state index in [-0.39, 0.29) is 13.1 Å². The maximum atomic E-state index is 11.9. The molecule has 0 fully saturated rings. The minimum Gasteiger partial charge on any atom is -0.496 e. The molecule has 0 heterocycles. The van der Waals surface area contributed by atoms with E-state index in [9.17, 15) is 9.59 Å². The first kappa shape index (κ1) is 17.3. The number of hydrogen-bond donors (Lipinski definition) is 2. The monoisotopic (exact) mass is 328 g/mol. The molecule has 2 aromatic rings. The normalized spacial score (nSPS) is 9.92. The van der Waals surface area contributed by atoms with Crippen molar-refractivity contribution in [1.29, 1.82) is 0 Å². The molecule has 6 heteroatoms. The van der Waals surface area contributed by atoms with E-state index >= 15 is 0 Å². The van der Waals surface area contributed by atoms with E-state index in [1.165, 1.54) is 0 Å². The summed E-state index contributed by atoms with van der Waals surface area (Å²) in [5.74, 6) is -0.0777. The Morgan fingerprint density at radius 2 is 1.12 bits per heavy atom. The van der Waals surface area contributed by atoms with Crippen LogP contribution in [0.3, 0.4) is 0 Å². The number of para-hydroxylation sites is 2. The lowest BCUT2D eigenvalue weighted by molar-refractivity contribution is -0.139. The maximum Gasteiger partial charge on any atom is 0.309 e. The zero-order valence-corrected chi connectivity index (χ0v) is 13.7. The maximum absolute atomic E-state index is 11.9. The molecule has 24 heavy (non-hydrogen) atoms. The fourth-order valence-corrected chi connectivity index (χ4v) is 2.21. The van der Waals surface area contributed by atoms with Gasteiger partial charge in [-0.3, -0.25) is 9.59 Å². The lowest BCUT2D eigenvalue weighted by Gasteiger charge is -2.11. The summed E-state index contributed by atoms with van der Waals surface area (Å²) in [5.41, 5.74) is 1.59. The predicted molar refractivity (Wildman–Crippen MR) is 89.7 cm³/mol. The molecule has 0 aliphatic carbocycles. The lowest BCUT2D eigenvalue weighted by atomic mass is 10.2. The van der Waals surface area contributed by atoms with E-state index in [0.29, 0.717) is 11.5 Å². The van der Waals surface area contributed by atoms with Gasteiger partial charge in [0, 0.05) is 24.2 Å². The highest BCUT2D eigenvalue weighted by Crippen LogP contribution is 2.17. The molecule has 0 aromatic heterocycles. The van der Waals surface area contributed by atoms with Gasteiger partial charge in [-0.25, -0.2) is 0 Å². The Morgan fingerprint density at radius 1 is 0.750 bits per heavy atom. The Balaban J connectivity index is 1.87. The van der Waals surface area contributed by atoms with Crippen molar-refractivity contribution in [2.24, 2.45) is 0 Å². The number of hydrogen-bond acceptors (Lipinski definition) is 4. The third kappa shape index (κ3) is 4.49. The molecule has 2 N–H and O–H groups in total. The molecule has 0 unspecified atom stereocenters. The number of nitrogens with one attached hydrogen (secondary N) is 2. The number of rotatable bonds is 6. The molecule has 2 amide bonds. The number of methoxy groups -OCH3 is 2. The average molecular weight is 328 g/mol. The second-order valence-corrected chi connectivity index (χ2v) is 4.99. The minimum absolute atomic E-state index is 0.213. The summed E-state index contributed by atoms with van der Waals surface area (Å²) in [5, 5.41) is 5.15. The van der Waals surface area contributed by atoms with Crippen LogP contribution < -0.4 is 20.1 Å². The van der Waals surface area contributed by atoms with Gasteiger partial charge in [0.15, 0.2) is 0 Å². The summed E-state index contributed by atoms with van der Waals surface area (Å²) in [7, 11) is 3.11. The molecular formula is C18H20N2O4. The highest BCUT2D eigenvalue weighted by molar-refractivity contribution is 6.35. The minimum atomic E-state index is -0.698. The Morgan fingerprint density at radius 3 is 1.50 bits per heavy atom. The van der Waals surface area contributed by atoms with Crippen molar-refractivity contribution in [2.75, 3.05) is 14.2 Å². The molecule has 126 valence electrons. The molecule has 0 bridgehead atoms. The van der Waals surface area contributed by atoms with Crippen molar-refractivity contribution in [3.05, 3.63) is 59.7 Å². The summed E-state index contributed by atoms with van der Waals surface area (Å²) in [4.78, 5) is 23.8. The Bertz CT molecular complexity index is 654. The number of carbonyl (C=O) groups is 2. The van der Waals surface area contributed by atoms with Crippen LogP contribution in [0.2, 0.25) is 0 Å². The molecule has 0 spiro atoms. The van der Waals surface area contributed by atoms with E-state index in [4.69, 9.17) is 9.47 Å². The summed E-state index contributed by atoms with van der Waals surface area (Å²) in [6, 6.07) is 14.6. The topological polar surface area (TPSA) is 76.7 Å². The molecule has 0 radical (unpaired) electrons. The van der Waals surface area contributed by atoms with Crippen LogP contribution in [0.1, 0.15) is 11.1 Å². The van der Waals surface area contributed by atoms with Crippen LogP contribution in [0.4, 0.5) is 0 Å². The van der Waals surface area contributed by atoms with E-state index in [2.05, 4.69) is 10.6 Å². The Hall–Kier alpha value is -3.02. The lowest BCUT2D eigenvalue weighted by Crippen LogP contribution is -2.39. The average Bonchev–Trinajstić information content (AvgIpc) is 2.64. The standard InChI is InChI=1S/C18H20N2O4/c1-23-15-9-5-3-7-13(15)11-19-17(21)18(22)20-12-14-8-4-6-10-16(14)24-2/h3-10H,11-12H2,1-2H3,(H,19,21)(H,20,22). The first-order valence-electron chi connectivity index (χ1n) is 7.45. The van der Waals surface area contributed by atoms with E-state index in [1.54, 1.807) is 26.4 Å². The van der Waals surface area contributed by atoms with Crippen LogP contribution in [-0.4, -0.2) is 26.0 Å². The second kappa shape index (κ2) is 8.57. The number of carbonyl (C=O) groups excluding carboxylic acids is 2. The van der Waals surface area contributed by atoms with Gasteiger partial charge >= 0.3 is 11.8 Å². The molecule has 0 atom stereocenters. The van der Waals surface area contributed by atoms with Crippen molar-refractivity contribution in [3.8, 4) is 11.5 Å². The summed E-state index contributed by atoms with van der Waals surface area (Å²) < 4.78 is 10.4. The van der Waals surface area contributed by atoms with E-state index < -0.39 is 11.8 Å². The van der Waals surface area contributed by atoms with Gasteiger partial charge in [-0.1, -0.05) is 36.4 Å². The molecule has 2 rings (SSSR count). The van der Waals surface area contributed by atoms with Gasteiger partial charge in [0.25, 0.3) is 0 Å². The number of ether oxygens (including phenoxy) is 2. The quantitative estimate of drug-likeness (QED) is 0.790. The van der Waals surface area contributed by atoms with Gasteiger partial charge in [-0.15, -0.1) is 0 Å². The van der Waals surface area contributed by atoms with Gasteiger partial charge < -0.3 is 20.1 Å². The molecule has 0 aliphatic heterocycles. The van der Waals surface area contributed by atoms with Crippen LogP contribution in [0.25, 0.3) is 0 Å². The van der Waals surface area contributed by atoms with Gasteiger partial charge in [-0.2, -0.15) is 0 Å². The SMILES string of the molecule is COc1ccccc1CNC(=O)C(=O)NCc1ccccc1OC. The van der Waals surface area contributed by atoms with Gasteiger partial charge in [0.2, 0.25) is 0 Å². The first-order valence-corrected chi connectivity index (χ1v) is 7.45. The molecule has 6 nitrogen and oxygen atoms in total. The zero-order valence-electron chi connectivity index (χ0n) is 13.7. The van der Waals surface area contributed by atoms with Crippen molar-refractivity contribution in [2.45, 2.75) is 13.1 Å². The van der Waals surface area contributed by atoms with Crippen LogP contribution in [0, 0.1) is 0 Å². The first-order chi connectivity index (χ1) is 11.7. The smallest absolute Gasteiger partial charge is 0.309 e. The third-order valence-electron chi connectivity index (χ3n) is 3.47. The molecule has 0 aliphatic rings. The van der Waals surface area contributed by atoms with E-state index in [0.717, 1.165) is 11.1 Å². The summed E-state index contributed by atoms with van der Waals surface area (Å²) >= 11 is 0. The number of benzene rings is 2. The van der Waals surface area contributed by atoms with E-state index in [1.807, 2.05) is 36.4 Å². The van der Waals surface area contributed by atoms with Gasteiger partial charge in [0.05, 0.1) is 14.2 Å². The molecule has 0 saturated carbocycles. The highest BCUT2D eigenvalue weighted by atomic mass is 16.5. The van der Waals surface area contributed by atoms with Crippen LogP contribution in [-0.2, 0) is 22.7 Å². The van der Waals surface area contributed by atoms with Gasteiger partial charge in [0.1, 0.15) is 11.5 Å². The second-order valence-electron chi connectivity index (χ2n) is 4.99. The van der Waals surface area contributed by atoms with Crippen LogP contribution in [0.5, 0.6) is 11.5 Å². The van der Waals surface area contributed by atoms with Crippen molar-refractivity contribution < 1.29 is 19.1 Å². The molecular weight excluding hydrogens is 308 g/mol. The number of amides is 2. The summed E-state index contributed by atoms with van der Waals surface area (Å²) in [6.45, 7) is 0.426. The summed E-state index contributed by atoms with van der Waals surface area (Å²) in [6.07, 6.45) is 0. The Kier molecular flexibility index (Phi) is 6.19. The highest BCUT2D eigenvalue weighted by Gasteiger charge is 2.14. The molecule has 0 saturated heterocycles. The van der Waals surface area contributed by atoms with Gasteiger partial charge in [-0.05, 0) is 12.1 Å². The molecule has 2 aromatic carbocycles. The van der Waals surface area contributed by atoms with Crippen molar-refractivity contribution in [3.63, 3.8) is 0 Å². The largest absolute Gasteiger partial charge is 0.496 e. The zero-order chi connectivity index (χ0) is 17.4. The van der Waals surface area contributed by atoms with Crippen LogP contribution in [0.15, 0.2) is 48.5 Å².